The Labute approximate surface area is 135 Å². The summed E-state index contributed by atoms with van der Waals surface area (Å²) in [7, 11) is 1.98. The molecule has 122 valence electrons. The number of fused-ring (bicyclic) bond motifs is 3. The van der Waals surface area contributed by atoms with Crippen LogP contribution < -0.4 is 5.32 Å². The molecule has 4 nitrogen and oxygen atoms in total. The van der Waals surface area contributed by atoms with Crippen molar-refractivity contribution in [3.05, 3.63) is 36.0 Å². The number of halogens is 1. The SMILES string of the molecule is CCCC(CCNC)n1c(C)nc2cnc3cc(F)ccc3c21. The maximum atomic E-state index is 13.5. The van der Waals surface area contributed by atoms with E-state index in [2.05, 4.69) is 26.8 Å². The number of nitrogens with one attached hydrogen (secondary N) is 1. The van der Waals surface area contributed by atoms with Crippen LogP contribution in [0.15, 0.2) is 24.4 Å². The molecular formula is C18H23FN4. The molecule has 0 saturated carbocycles. The molecular weight excluding hydrogens is 291 g/mol. The van der Waals surface area contributed by atoms with Crippen LogP contribution in [0, 0.1) is 12.7 Å². The lowest BCUT2D eigenvalue weighted by Gasteiger charge is -2.21. The van der Waals surface area contributed by atoms with Crippen LogP contribution in [0.1, 0.15) is 38.1 Å². The smallest absolute Gasteiger partial charge is 0.125 e. The van der Waals surface area contributed by atoms with Gasteiger partial charge in [-0.15, -0.1) is 0 Å². The van der Waals surface area contributed by atoms with Gasteiger partial charge >= 0.3 is 0 Å². The average molecular weight is 314 g/mol. The highest BCUT2D eigenvalue weighted by atomic mass is 19.1. The topological polar surface area (TPSA) is 42.7 Å². The Balaban J connectivity index is 2.23. The highest BCUT2D eigenvalue weighted by Crippen LogP contribution is 2.30. The van der Waals surface area contributed by atoms with Crippen LogP contribution in [0.3, 0.4) is 0 Å². The summed E-state index contributed by atoms with van der Waals surface area (Å²) in [6.07, 6.45) is 5.01. The molecule has 1 aromatic carbocycles. The second-order valence-electron chi connectivity index (χ2n) is 6.02. The van der Waals surface area contributed by atoms with Gasteiger partial charge in [0.2, 0.25) is 0 Å². The van der Waals surface area contributed by atoms with E-state index in [9.17, 15) is 4.39 Å². The zero-order valence-electron chi connectivity index (χ0n) is 13.9. The average Bonchev–Trinajstić information content (AvgIpc) is 2.87. The van der Waals surface area contributed by atoms with Crippen LogP contribution in [0.25, 0.3) is 21.9 Å². The van der Waals surface area contributed by atoms with Gasteiger partial charge in [0.15, 0.2) is 0 Å². The van der Waals surface area contributed by atoms with Crippen molar-refractivity contribution in [2.45, 2.75) is 39.2 Å². The third-order valence-electron chi connectivity index (χ3n) is 4.37. The van der Waals surface area contributed by atoms with E-state index in [1.807, 2.05) is 20.0 Å². The van der Waals surface area contributed by atoms with E-state index in [1.54, 1.807) is 6.20 Å². The third kappa shape index (κ3) is 2.93. The fourth-order valence-corrected chi connectivity index (χ4v) is 3.36. The number of aromatic nitrogens is 3. The van der Waals surface area contributed by atoms with Crippen molar-refractivity contribution in [1.29, 1.82) is 0 Å². The summed E-state index contributed by atoms with van der Waals surface area (Å²) in [6, 6.07) is 5.19. The maximum absolute atomic E-state index is 13.5. The van der Waals surface area contributed by atoms with Crippen molar-refractivity contribution in [3.63, 3.8) is 0 Å². The predicted octanol–water partition coefficient (Wildman–Crippen LogP) is 3.98. The van der Waals surface area contributed by atoms with Crippen LogP contribution in [0.2, 0.25) is 0 Å². The second-order valence-corrected chi connectivity index (χ2v) is 6.02. The number of nitrogens with zero attached hydrogens (tertiary/aromatic N) is 3. The van der Waals surface area contributed by atoms with Gasteiger partial charge in [-0.05, 0) is 45.5 Å². The van der Waals surface area contributed by atoms with E-state index < -0.39 is 0 Å². The van der Waals surface area contributed by atoms with E-state index >= 15 is 0 Å². The Morgan fingerprint density at radius 2 is 2.09 bits per heavy atom. The summed E-state index contributed by atoms with van der Waals surface area (Å²) >= 11 is 0. The van der Waals surface area contributed by atoms with E-state index in [1.165, 1.54) is 12.1 Å². The molecule has 23 heavy (non-hydrogen) atoms. The number of benzene rings is 1. The minimum absolute atomic E-state index is 0.257. The van der Waals surface area contributed by atoms with E-state index in [-0.39, 0.29) is 5.82 Å². The molecule has 3 rings (SSSR count). The summed E-state index contributed by atoms with van der Waals surface area (Å²) < 4.78 is 15.8. The van der Waals surface area contributed by atoms with Crippen molar-refractivity contribution < 1.29 is 4.39 Å². The van der Waals surface area contributed by atoms with Crippen molar-refractivity contribution >= 4 is 21.9 Å². The Kier molecular flexibility index (Phi) is 4.57. The minimum atomic E-state index is -0.257. The van der Waals surface area contributed by atoms with Gasteiger partial charge in [0.05, 0.1) is 17.2 Å². The zero-order valence-corrected chi connectivity index (χ0v) is 13.9. The summed E-state index contributed by atoms with van der Waals surface area (Å²) in [4.78, 5) is 9.05. The number of pyridine rings is 1. The Hall–Kier alpha value is -2.01. The lowest BCUT2D eigenvalue weighted by molar-refractivity contribution is 0.427. The van der Waals surface area contributed by atoms with Crippen molar-refractivity contribution in [2.75, 3.05) is 13.6 Å². The Morgan fingerprint density at radius 1 is 1.26 bits per heavy atom. The van der Waals surface area contributed by atoms with E-state index in [0.29, 0.717) is 11.6 Å². The van der Waals surface area contributed by atoms with Crippen LogP contribution in [0.5, 0.6) is 0 Å². The molecule has 3 aromatic rings. The summed E-state index contributed by atoms with van der Waals surface area (Å²) in [6.45, 7) is 5.20. The molecule has 0 bridgehead atoms. The quantitative estimate of drug-likeness (QED) is 0.748. The van der Waals surface area contributed by atoms with Gasteiger partial charge in [0, 0.05) is 17.5 Å². The number of imidazole rings is 1. The molecule has 0 aliphatic rings. The first-order valence-corrected chi connectivity index (χ1v) is 8.23. The molecule has 5 heteroatoms. The second kappa shape index (κ2) is 6.62. The summed E-state index contributed by atoms with van der Waals surface area (Å²) in [5, 5.41) is 4.20. The zero-order chi connectivity index (χ0) is 16.4. The highest BCUT2D eigenvalue weighted by Gasteiger charge is 2.18. The van der Waals surface area contributed by atoms with Crippen LogP contribution in [0.4, 0.5) is 4.39 Å². The maximum Gasteiger partial charge on any atom is 0.125 e. The van der Waals surface area contributed by atoms with Crippen LogP contribution >= 0.6 is 0 Å². The lowest BCUT2D eigenvalue weighted by Crippen LogP contribution is -2.17. The molecule has 2 heterocycles. The normalized spacial score (nSPS) is 13.0. The molecule has 0 saturated heterocycles. The molecule has 1 N–H and O–H groups in total. The van der Waals surface area contributed by atoms with Gasteiger partial charge in [0.1, 0.15) is 17.2 Å². The summed E-state index contributed by atoms with van der Waals surface area (Å²) in [5.74, 6) is 0.737. The van der Waals surface area contributed by atoms with Gasteiger partial charge in [-0.1, -0.05) is 13.3 Å². The number of hydrogen-bond donors (Lipinski definition) is 1. The first kappa shape index (κ1) is 15.9. The third-order valence-corrected chi connectivity index (χ3v) is 4.37. The van der Waals surface area contributed by atoms with E-state index in [4.69, 9.17) is 0 Å². The number of hydrogen-bond acceptors (Lipinski definition) is 3. The molecule has 0 amide bonds. The molecule has 0 spiro atoms. The largest absolute Gasteiger partial charge is 0.324 e. The lowest BCUT2D eigenvalue weighted by atomic mass is 10.1. The van der Waals surface area contributed by atoms with Gasteiger partial charge in [-0.2, -0.15) is 0 Å². The molecule has 0 aliphatic heterocycles. The predicted molar refractivity (Wildman–Crippen MR) is 92.2 cm³/mol. The van der Waals surface area contributed by atoms with Gasteiger partial charge < -0.3 is 9.88 Å². The molecule has 1 unspecified atom stereocenters. The number of aryl methyl sites for hydroxylation is 1. The van der Waals surface area contributed by atoms with E-state index in [0.717, 1.165) is 48.1 Å². The van der Waals surface area contributed by atoms with Crippen molar-refractivity contribution in [1.82, 2.24) is 19.9 Å². The fourth-order valence-electron chi connectivity index (χ4n) is 3.36. The summed E-state index contributed by atoms with van der Waals surface area (Å²) in [5.41, 5.74) is 2.64. The first-order valence-electron chi connectivity index (χ1n) is 8.23. The fraction of sp³-hybridized carbons (Fsp3) is 0.444. The Bertz CT molecular complexity index is 825. The van der Waals surface area contributed by atoms with Crippen molar-refractivity contribution in [3.8, 4) is 0 Å². The molecule has 0 radical (unpaired) electrons. The molecule has 1 atom stereocenters. The monoisotopic (exact) mass is 314 g/mol. The molecule has 2 aromatic heterocycles. The minimum Gasteiger partial charge on any atom is -0.324 e. The van der Waals surface area contributed by atoms with Gasteiger partial charge in [0.25, 0.3) is 0 Å². The first-order chi connectivity index (χ1) is 11.2. The van der Waals surface area contributed by atoms with Gasteiger partial charge in [-0.25, -0.2) is 9.37 Å². The number of rotatable bonds is 6. The standard InChI is InChI=1S/C18H23FN4/c1-4-5-14(8-9-20-3)23-12(2)22-17-11-21-16-10-13(19)6-7-15(16)18(17)23/h6-7,10-11,14,20H,4-5,8-9H2,1-3H3. The van der Waals surface area contributed by atoms with Crippen molar-refractivity contribution in [2.24, 2.45) is 0 Å². The van der Waals surface area contributed by atoms with Gasteiger partial charge in [-0.3, -0.25) is 4.98 Å². The Morgan fingerprint density at radius 3 is 2.83 bits per heavy atom. The van der Waals surface area contributed by atoms with Crippen LogP contribution in [-0.4, -0.2) is 28.1 Å². The highest BCUT2D eigenvalue weighted by molar-refractivity contribution is 6.02. The van der Waals surface area contributed by atoms with Crippen LogP contribution in [-0.2, 0) is 0 Å². The molecule has 0 aliphatic carbocycles. The molecule has 0 fully saturated rings.